The van der Waals surface area contributed by atoms with E-state index in [4.69, 9.17) is 5.73 Å². The van der Waals surface area contributed by atoms with Crippen molar-refractivity contribution in [1.82, 2.24) is 9.88 Å². The highest BCUT2D eigenvalue weighted by Gasteiger charge is 2.29. The average Bonchev–Trinajstić information content (AvgIpc) is 2.78. The molecule has 1 aliphatic rings. The van der Waals surface area contributed by atoms with Gasteiger partial charge in [-0.3, -0.25) is 4.90 Å². The smallest absolute Gasteiger partial charge is 0.0937 e. The Bertz CT molecular complexity index is 312. The molecule has 1 fully saturated rings. The van der Waals surface area contributed by atoms with E-state index in [0.717, 1.165) is 25.9 Å². The van der Waals surface area contributed by atoms with Gasteiger partial charge in [0.2, 0.25) is 0 Å². The second-order valence-electron chi connectivity index (χ2n) is 4.76. The third-order valence-electron chi connectivity index (χ3n) is 3.86. The number of piperidine rings is 1. The molecule has 1 aromatic heterocycles. The van der Waals surface area contributed by atoms with Crippen molar-refractivity contribution < 1.29 is 0 Å². The van der Waals surface area contributed by atoms with Gasteiger partial charge in [0, 0.05) is 36.6 Å². The van der Waals surface area contributed by atoms with E-state index in [1.54, 1.807) is 11.3 Å². The number of hydrogen-bond donors (Lipinski definition) is 1. The second kappa shape index (κ2) is 5.25. The molecule has 2 heterocycles. The maximum atomic E-state index is 6.08. The summed E-state index contributed by atoms with van der Waals surface area (Å²) < 4.78 is 0. The number of hydrogen-bond acceptors (Lipinski definition) is 4. The summed E-state index contributed by atoms with van der Waals surface area (Å²) >= 11 is 1.75. The molecule has 2 N–H and O–H groups in total. The van der Waals surface area contributed by atoms with Crippen molar-refractivity contribution in [2.45, 2.75) is 38.8 Å². The number of thiazole rings is 1. The van der Waals surface area contributed by atoms with Crippen LogP contribution in [0.5, 0.6) is 0 Å². The van der Waals surface area contributed by atoms with Crippen molar-refractivity contribution in [1.29, 1.82) is 0 Å². The van der Waals surface area contributed by atoms with Crippen LogP contribution in [-0.4, -0.2) is 35.1 Å². The van der Waals surface area contributed by atoms with Crippen LogP contribution in [0.4, 0.5) is 0 Å². The molecule has 4 heteroatoms. The zero-order valence-corrected chi connectivity index (χ0v) is 10.9. The van der Waals surface area contributed by atoms with Gasteiger partial charge in [-0.05, 0) is 25.8 Å². The Morgan fingerprint density at radius 3 is 3.06 bits per heavy atom. The summed E-state index contributed by atoms with van der Waals surface area (Å²) in [5, 5.41) is 3.29. The largest absolute Gasteiger partial charge is 0.327 e. The molecule has 1 aromatic rings. The Balaban J connectivity index is 1.86. The topological polar surface area (TPSA) is 42.1 Å². The quantitative estimate of drug-likeness (QED) is 0.873. The van der Waals surface area contributed by atoms with Crippen LogP contribution in [-0.2, 0) is 6.42 Å². The Labute approximate surface area is 102 Å². The van der Waals surface area contributed by atoms with Gasteiger partial charge in [-0.1, -0.05) is 6.92 Å². The normalized spacial score (nSPS) is 31.8. The molecule has 0 radical (unpaired) electrons. The molecule has 0 bridgehead atoms. The zero-order chi connectivity index (χ0) is 11.5. The summed E-state index contributed by atoms with van der Waals surface area (Å²) in [6, 6.07) is 0.981. The van der Waals surface area contributed by atoms with Crippen LogP contribution in [0, 0.1) is 5.92 Å². The minimum Gasteiger partial charge on any atom is -0.327 e. The number of likely N-dealkylation sites (tertiary alicyclic amines) is 1. The molecule has 0 saturated carbocycles. The van der Waals surface area contributed by atoms with E-state index in [9.17, 15) is 0 Å². The van der Waals surface area contributed by atoms with Crippen LogP contribution < -0.4 is 5.73 Å². The summed E-state index contributed by atoms with van der Waals surface area (Å²) in [6.45, 7) is 6.82. The standard InChI is InChI=1S/C12H21N3S/c1-9-10(2)15(6-3-11(9)13)7-4-12-14-5-8-16-12/h5,8-11H,3-4,6-7,13H2,1-2H3. The Morgan fingerprint density at radius 2 is 2.38 bits per heavy atom. The van der Waals surface area contributed by atoms with E-state index in [0.29, 0.717) is 18.0 Å². The van der Waals surface area contributed by atoms with E-state index in [-0.39, 0.29) is 0 Å². The molecular formula is C12H21N3S. The molecule has 1 saturated heterocycles. The third kappa shape index (κ3) is 2.62. The lowest BCUT2D eigenvalue weighted by Crippen LogP contribution is -2.52. The maximum Gasteiger partial charge on any atom is 0.0937 e. The molecule has 3 unspecified atom stereocenters. The van der Waals surface area contributed by atoms with Crippen LogP contribution in [0.1, 0.15) is 25.3 Å². The molecule has 90 valence electrons. The van der Waals surface area contributed by atoms with Crippen LogP contribution >= 0.6 is 11.3 Å². The van der Waals surface area contributed by atoms with Crippen molar-refractivity contribution in [2.75, 3.05) is 13.1 Å². The van der Waals surface area contributed by atoms with E-state index in [2.05, 4.69) is 23.7 Å². The minimum absolute atomic E-state index is 0.381. The first kappa shape index (κ1) is 12.0. The van der Waals surface area contributed by atoms with Gasteiger partial charge in [-0.25, -0.2) is 4.98 Å². The third-order valence-corrected chi connectivity index (χ3v) is 4.70. The summed E-state index contributed by atoms with van der Waals surface area (Å²) in [6.07, 6.45) is 4.09. The fourth-order valence-electron chi connectivity index (χ4n) is 2.40. The lowest BCUT2D eigenvalue weighted by atomic mass is 9.87. The highest BCUT2D eigenvalue weighted by molar-refractivity contribution is 7.09. The van der Waals surface area contributed by atoms with Gasteiger partial charge in [0.05, 0.1) is 5.01 Å². The van der Waals surface area contributed by atoms with Gasteiger partial charge in [0.25, 0.3) is 0 Å². The van der Waals surface area contributed by atoms with Gasteiger partial charge >= 0.3 is 0 Å². The van der Waals surface area contributed by atoms with Crippen LogP contribution in [0.2, 0.25) is 0 Å². The van der Waals surface area contributed by atoms with Crippen molar-refractivity contribution in [3.63, 3.8) is 0 Å². The van der Waals surface area contributed by atoms with Crippen molar-refractivity contribution in [3.05, 3.63) is 16.6 Å². The van der Waals surface area contributed by atoms with Gasteiger partial charge < -0.3 is 5.73 Å². The number of nitrogens with two attached hydrogens (primary N) is 1. The average molecular weight is 239 g/mol. The number of nitrogens with zero attached hydrogens (tertiary/aromatic N) is 2. The molecule has 0 aliphatic carbocycles. The fourth-order valence-corrected chi connectivity index (χ4v) is 3.01. The van der Waals surface area contributed by atoms with E-state index >= 15 is 0 Å². The van der Waals surface area contributed by atoms with Crippen molar-refractivity contribution >= 4 is 11.3 Å². The summed E-state index contributed by atoms with van der Waals surface area (Å²) in [5.74, 6) is 0.602. The van der Waals surface area contributed by atoms with E-state index in [1.165, 1.54) is 5.01 Å². The van der Waals surface area contributed by atoms with Gasteiger partial charge in [-0.15, -0.1) is 11.3 Å². The summed E-state index contributed by atoms with van der Waals surface area (Å²) in [5.41, 5.74) is 6.08. The number of aromatic nitrogens is 1. The van der Waals surface area contributed by atoms with E-state index in [1.807, 2.05) is 11.6 Å². The monoisotopic (exact) mass is 239 g/mol. The zero-order valence-electron chi connectivity index (χ0n) is 10.1. The Morgan fingerprint density at radius 1 is 1.56 bits per heavy atom. The first-order chi connectivity index (χ1) is 7.68. The first-order valence-corrected chi connectivity index (χ1v) is 6.94. The molecule has 16 heavy (non-hydrogen) atoms. The molecule has 3 atom stereocenters. The predicted molar refractivity (Wildman–Crippen MR) is 68.6 cm³/mol. The molecule has 0 amide bonds. The molecular weight excluding hydrogens is 218 g/mol. The first-order valence-electron chi connectivity index (χ1n) is 6.06. The van der Waals surface area contributed by atoms with Crippen LogP contribution in [0.25, 0.3) is 0 Å². The highest BCUT2D eigenvalue weighted by Crippen LogP contribution is 2.22. The molecule has 0 aromatic carbocycles. The minimum atomic E-state index is 0.381. The van der Waals surface area contributed by atoms with E-state index < -0.39 is 0 Å². The predicted octanol–water partition coefficient (Wildman–Crippen LogP) is 1.74. The summed E-state index contributed by atoms with van der Waals surface area (Å²) in [7, 11) is 0. The Hall–Kier alpha value is -0.450. The molecule has 1 aliphatic heterocycles. The lowest BCUT2D eigenvalue weighted by molar-refractivity contribution is 0.0992. The molecule has 0 spiro atoms. The number of rotatable bonds is 3. The van der Waals surface area contributed by atoms with Crippen molar-refractivity contribution in [2.24, 2.45) is 11.7 Å². The molecule has 2 rings (SSSR count). The van der Waals surface area contributed by atoms with Crippen LogP contribution in [0.3, 0.4) is 0 Å². The van der Waals surface area contributed by atoms with Crippen LogP contribution in [0.15, 0.2) is 11.6 Å². The van der Waals surface area contributed by atoms with Crippen molar-refractivity contribution in [3.8, 4) is 0 Å². The lowest BCUT2D eigenvalue weighted by Gasteiger charge is -2.41. The van der Waals surface area contributed by atoms with Gasteiger partial charge in [-0.2, -0.15) is 0 Å². The van der Waals surface area contributed by atoms with Gasteiger partial charge in [0.1, 0.15) is 0 Å². The second-order valence-corrected chi connectivity index (χ2v) is 5.74. The SMILES string of the molecule is CC1C(N)CCN(CCc2nccs2)C1C. The highest BCUT2D eigenvalue weighted by atomic mass is 32.1. The summed E-state index contributed by atoms with van der Waals surface area (Å²) in [4.78, 5) is 6.88. The maximum absolute atomic E-state index is 6.08. The Kier molecular flexibility index (Phi) is 3.95. The van der Waals surface area contributed by atoms with Gasteiger partial charge in [0.15, 0.2) is 0 Å². The fraction of sp³-hybridized carbons (Fsp3) is 0.750. The molecule has 3 nitrogen and oxygen atoms in total.